The quantitative estimate of drug-likeness (QED) is 0.597. The molecule has 4 N–H and O–H groups in total. The zero-order valence-corrected chi connectivity index (χ0v) is 10.2. The van der Waals surface area contributed by atoms with E-state index in [9.17, 15) is 18.3 Å². The number of rotatable bonds is 3. The van der Waals surface area contributed by atoms with Gasteiger partial charge in [-0.25, -0.2) is 0 Å². The number of nitrogens with two attached hydrogens (primary N) is 1. The first-order valence-electron chi connectivity index (χ1n) is 5.08. The summed E-state index contributed by atoms with van der Waals surface area (Å²) in [7, 11) is 0. The van der Waals surface area contributed by atoms with E-state index in [0.29, 0.717) is 22.6 Å². The molecule has 0 radical (unpaired) electrons. The molecule has 9 heteroatoms. The van der Waals surface area contributed by atoms with Gasteiger partial charge in [-0.3, -0.25) is 0 Å². The molecular formula is C10H9F3N4OS. The number of hydrogen-bond acceptors (Lipinski definition) is 6. The number of nitrogen functional groups attached to an aromatic ring is 1. The number of aromatic hydroxyl groups is 1. The Balaban J connectivity index is 2.06. The highest BCUT2D eigenvalue weighted by Crippen LogP contribution is 2.33. The molecule has 1 aromatic heterocycles. The third kappa shape index (κ3) is 3.25. The van der Waals surface area contributed by atoms with Crippen LogP contribution in [-0.4, -0.2) is 15.3 Å². The van der Waals surface area contributed by atoms with Gasteiger partial charge in [0.2, 0.25) is 10.1 Å². The van der Waals surface area contributed by atoms with Crippen molar-refractivity contribution in [1.82, 2.24) is 10.2 Å². The average molecular weight is 290 g/mol. The monoisotopic (exact) mass is 290 g/mol. The van der Waals surface area contributed by atoms with Crippen LogP contribution in [0.1, 0.15) is 10.6 Å². The van der Waals surface area contributed by atoms with Crippen molar-refractivity contribution in [2.75, 3.05) is 11.1 Å². The van der Waals surface area contributed by atoms with E-state index in [4.69, 9.17) is 5.73 Å². The Labute approximate surface area is 109 Å². The van der Waals surface area contributed by atoms with Crippen LogP contribution in [-0.2, 0) is 12.7 Å². The molecule has 0 saturated heterocycles. The number of benzene rings is 1. The van der Waals surface area contributed by atoms with E-state index in [0.717, 1.165) is 0 Å². The Morgan fingerprint density at radius 3 is 2.68 bits per heavy atom. The van der Waals surface area contributed by atoms with E-state index < -0.39 is 11.2 Å². The van der Waals surface area contributed by atoms with Gasteiger partial charge in [-0.15, -0.1) is 10.2 Å². The molecule has 0 spiro atoms. The SMILES string of the molecule is Nc1ccc(O)c(CNc2nnc(C(F)(F)F)s2)c1. The maximum absolute atomic E-state index is 12.3. The van der Waals surface area contributed by atoms with Crippen molar-refractivity contribution in [3.05, 3.63) is 28.8 Å². The second-order valence-corrected chi connectivity index (χ2v) is 4.63. The molecule has 1 aromatic carbocycles. The molecule has 2 rings (SSSR count). The van der Waals surface area contributed by atoms with Crippen molar-refractivity contribution in [2.24, 2.45) is 0 Å². The van der Waals surface area contributed by atoms with Crippen LogP contribution in [0.3, 0.4) is 0 Å². The molecule has 0 saturated carbocycles. The van der Waals surface area contributed by atoms with Gasteiger partial charge in [0.05, 0.1) is 0 Å². The van der Waals surface area contributed by atoms with Gasteiger partial charge in [0, 0.05) is 17.8 Å². The molecule has 102 valence electrons. The van der Waals surface area contributed by atoms with Gasteiger partial charge >= 0.3 is 6.18 Å². The summed E-state index contributed by atoms with van der Waals surface area (Å²) in [5, 5.41) is 17.6. The number of nitrogens with zero attached hydrogens (tertiary/aromatic N) is 2. The summed E-state index contributed by atoms with van der Waals surface area (Å²) < 4.78 is 36.9. The second-order valence-electron chi connectivity index (χ2n) is 3.65. The number of anilines is 2. The zero-order valence-electron chi connectivity index (χ0n) is 9.40. The molecule has 1 heterocycles. The van der Waals surface area contributed by atoms with E-state index in [2.05, 4.69) is 15.5 Å². The lowest BCUT2D eigenvalue weighted by atomic mass is 10.2. The smallest absolute Gasteiger partial charge is 0.445 e. The molecule has 0 aliphatic heterocycles. The third-order valence-electron chi connectivity index (χ3n) is 2.20. The fourth-order valence-corrected chi connectivity index (χ4v) is 1.93. The Kier molecular flexibility index (Phi) is 3.47. The summed E-state index contributed by atoms with van der Waals surface area (Å²) in [6.45, 7) is 0.101. The normalized spacial score (nSPS) is 11.5. The maximum atomic E-state index is 12.3. The predicted molar refractivity (Wildman–Crippen MR) is 64.8 cm³/mol. The summed E-state index contributed by atoms with van der Waals surface area (Å²) in [5.41, 5.74) is 6.45. The number of aromatic nitrogens is 2. The van der Waals surface area contributed by atoms with Crippen LogP contribution in [0.2, 0.25) is 0 Å². The predicted octanol–water partition coefficient (Wildman–Crippen LogP) is 2.46. The molecule has 0 atom stereocenters. The first-order chi connectivity index (χ1) is 8.86. The van der Waals surface area contributed by atoms with Gasteiger partial charge in [-0.1, -0.05) is 11.3 Å². The zero-order chi connectivity index (χ0) is 14.0. The van der Waals surface area contributed by atoms with Crippen molar-refractivity contribution < 1.29 is 18.3 Å². The van der Waals surface area contributed by atoms with Gasteiger partial charge < -0.3 is 16.2 Å². The Morgan fingerprint density at radius 1 is 1.32 bits per heavy atom. The lowest BCUT2D eigenvalue weighted by Gasteiger charge is -2.06. The summed E-state index contributed by atoms with van der Waals surface area (Å²) in [6, 6.07) is 4.45. The fraction of sp³-hybridized carbons (Fsp3) is 0.200. The Morgan fingerprint density at radius 2 is 2.05 bits per heavy atom. The topological polar surface area (TPSA) is 84.1 Å². The minimum atomic E-state index is -4.50. The molecule has 0 unspecified atom stereocenters. The molecule has 0 bridgehead atoms. The number of phenolic OH excluding ortho intramolecular Hbond substituents is 1. The number of alkyl halides is 3. The van der Waals surface area contributed by atoms with Crippen LogP contribution < -0.4 is 11.1 Å². The lowest BCUT2D eigenvalue weighted by molar-refractivity contribution is -0.138. The minimum Gasteiger partial charge on any atom is -0.508 e. The number of hydrogen-bond donors (Lipinski definition) is 3. The van der Waals surface area contributed by atoms with Gasteiger partial charge in [0.15, 0.2) is 0 Å². The highest BCUT2D eigenvalue weighted by molar-refractivity contribution is 7.15. The van der Waals surface area contributed by atoms with Crippen LogP contribution in [0.25, 0.3) is 0 Å². The maximum Gasteiger partial charge on any atom is 0.445 e. The van der Waals surface area contributed by atoms with E-state index in [1.807, 2.05) is 0 Å². The van der Waals surface area contributed by atoms with E-state index in [-0.39, 0.29) is 17.4 Å². The van der Waals surface area contributed by atoms with Crippen molar-refractivity contribution in [2.45, 2.75) is 12.7 Å². The van der Waals surface area contributed by atoms with Gasteiger partial charge in [0.1, 0.15) is 5.75 Å². The molecule has 0 aliphatic carbocycles. The molecule has 19 heavy (non-hydrogen) atoms. The van der Waals surface area contributed by atoms with Crippen LogP contribution in [0.4, 0.5) is 24.0 Å². The van der Waals surface area contributed by atoms with Gasteiger partial charge in [-0.05, 0) is 18.2 Å². The van der Waals surface area contributed by atoms with Crippen molar-refractivity contribution in [3.63, 3.8) is 0 Å². The highest BCUT2D eigenvalue weighted by Gasteiger charge is 2.35. The summed E-state index contributed by atoms with van der Waals surface area (Å²) in [6.07, 6.45) is -4.50. The summed E-state index contributed by atoms with van der Waals surface area (Å²) >= 11 is 0.398. The molecule has 0 amide bonds. The number of halogens is 3. The van der Waals surface area contributed by atoms with Crippen molar-refractivity contribution in [1.29, 1.82) is 0 Å². The van der Waals surface area contributed by atoms with Crippen molar-refractivity contribution >= 4 is 22.2 Å². The Bertz CT molecular complexity index is 584. The van der Waals surface area contributed by atoms with Crippen molar-refractivity contribution in [3.8, 4) is 5.75 Å². The standard InChI is InChI=1S/C10H9F3N4OS/c11-10(12,13)8-16-17-9(19-8)15-4-5-3-6(14)1-2-7(5)18/h1-3,18H,4,14H2,(H,15,17). The van der Waals surface area contributed by atoms with E-state index in [1.54, 1.807) is 0 Å². The third-order valence-corrected chi connectivity index (χ3v) is 3.13. The van der Waals surface area contributed by atoms with E-state index in [1.165, 1.54) is 18.2 Å². The molecule has 0 fully saturated rings. The Hall–Kier alpha value is -2.03. The summed E-state index contributed by atoms with van der Waals surface area (Å²) in [4.78, 5) is 0. The van der Waals surface area contributed by atoms with Gasteiger partial charge in [-0.2, -0.15) is 13.2 Å². The lowest BCUT2D eigenvalue weighted by Crippen LogP contribution is -2.03. The highest BCUT2D eigenvalue weighted by atomic mass is 32.1. The molecule has 2 aromatic rings. The number of nitrogens with one attached hydrogen (secondary N) is 1. The summed E-state index contributed by atoms with van der Waals surface area (Å²) in [5.74, 6) is 0.00209. The number of phenols is 1. The van der Waals surface area contributed by atoms with E-state index >= 15 is 0 Å². The van der Waals surface area contributed by atoms with Gasteiger partial charge in [0.25, 0.3) is 0 Å². The van der Waals surface area contributed by atoms with Crippen LogP contribution in [0.15, 0.2) is 18.2 Å². The van der Waals surface area contributed by atoms with Crippen LogP contribution in [0.5, 0.6) is 5.75 Å². The molecular weight excluding hydrogens is 281 g/mol. The van der Waals surface area contributed by atoms with Crippen LogP contribution >= 0.6 is 11.3 Å². The fourth-order valence-electron chi connectivity index (χ4n) is 1.33. The molecule has 5 nitrogen and oxygen atoms in total. The minimum absolute atomic E-state index is 0.00209. The first kappa shape index (κ1) is 13.4. The average Bonchev–Trinajstić information content (AvgIpc) is 2.79. The first-order valence-corrected chi connectivity index (χ1v) is 5.90. The largest absolute Gasteiger partial charge is 0.508 e. The second kappa shape index (κ2) is 4.92. The van der Waals surface area contributed by atoms with Crippen LogP contribution in [0, 0.1) is 0 Å². The molecule has 0 aliphatic rings.